The van der Waals surface area contributed by atoms with Gasteiger partial charge in [-0.1, -0.05) is 37.3 Å². The molecule has 2 heteroatoms. The Morgan fingerprint density at radius 3 is 2.39 bits per heavy atom. The first-order valence-electron chi connectivity index (χ1n) is 7.08. The molecule has 1 saturated heterocycles. The summed E-state index contributed by atoms with van der Waals surface area (Å²) in [5, 5.41) is 0. The Bertz CT molecular complexity index is 341. The first-order chi connectivity index (χ1) is 8.65. The monoisotopic (exact) mass is 247 g/mol. The van der Waals surface area contributed by atoms with Crippen LogP contribution in [0, 0.1) is 0 Å². The molecule has 0 saturated carbocycles. The number of hydrogen-bond donors (Lipinski definition) is 0. The zero-order valence-corrected chi connectivity index (χ0v) is 11.8. The van der Waals surface area contributed by atoms with E-state index in [1.165, 1.54) is 18.5 Å². The summed E-state index contributed by atoms with van der Waals surface area (Å²) in [5.74, 6) is 0.639. The number of benzene rings is 1. The molecule has 0 N–H and O–H groups in total. The summed E-state index contributed by atoms with van der Waals surface area (Å²) in [6, 6.07) is 10.8. The van der Waals surface area contributed by atoms with Gasteiger partial charge in [-0.15, -0.1) is 0 Å². The third kappa shape index (κ3) is 3.82. The van der Waals surface area contributed by atoms with Gasteiger partial charge in [0.05, 0.1) is 12.2 Å². The molecule has 0 bridgehead atoms. The molecule has 1 aliphatic rings. The molecule has 1 aliphatic heterocycles. The van der Waals surface area contributed by atoms with Crippen LogP contribution < -0.4 is 0 Å². The second-order valence-corrected chi connectivity index (χ2v) is 5.62. The molecule has 1 aromatic carbocycles. The van der Waals surface area contributed by atoms with Gasteiger partial charge in [0, 0.05) is 13.1 Å². The van der Waals surface area contributed by atoms with E-state index in [-0.39, 0.29) is 0 Å². The Kier molecular flexibility index (Phi) is 4.79. The highest BCUT2D eigenvalue weighted by molar-refractivity contribution is 5.18. The zero-order valence-electron chi connectivity index (χ0n) is 11.8. The van der Waals surface area contributed by atoms with Crippen molar-refractivity contribution >= 4 is 0 Å². The molecule has 1 heterocycles. The van der Waals surface area contributed by atoms with Gasteiger partial charge in [-0.2, -0.15) is 0 Å². The highest BCUT2D eigenvalue weighted by Gasteiger charge is 2.22. The Morgan fingerprint density at radius 2 is 1.78 bits per heavy atom. The lowest BCUT2D eigenvalue weighted by atomic mass is 9.97. The Morgan fingerprint density at radius 1 is 1.17 bits per heavy atom. The third-order valence-electron chi connectivity index (χ3n) is 3.74. The minimum atomic E-state index is 0.376. The minimum Gasteiger partial charge on any atom is -0.373 e. The average molecular weight is 247 g/mol. The van der Waals surface area contributed by atoms with E-state index in [2.05, 4.69) is 56.0 Å². The number of ether oxygens (including phenoxy) is 1. The van der Waals surface area contributed by atoms with E-state index in [0.717, 1.165) is 13.1 Å². The summed E-state index contributed by atoms with van der Waals surface area (Å²) in [7, 11) is 0. The smallest absolute Gasteiger partial charge is 0.0678 e. The van der Waals surface area contributed by atoms with E-state index >= 15 is 0 Å². The maximum Gasteiger partial charge on any atom is 0.0678 e. The van der Waals surface area contributed by atoms with Gasteiger partial charge in [-0.05, 0) is 38.3 Å². The summed E-state index contributed by atoms with van der Waals surface area (Å²) in [6.07, 6.45) is 1.98. The normalized spacial score (nSPS) is 27.1. The van der Waals surface area contributed by atoms with Gasteiger partial charge < -0.3 is 4.74 Å². The average Bonchev–Trinajstić information content (AvgIpc) is 2.36. The molecule has 100 valence electrons. The molecule has 2 nitrogen and oxygen atoms in total. The van der Waals surface area contributed by atoms with E-state index in [9.17, 15) is 0 Å². The second kappa shape index (κ2) is 6.35. The van der Waals surface area contributed by atoms with Crippen LogP contribution in [0.1, 0.15) is 38.7 Å². The number of hydrogen-bond acceptors (Lipinski definition) is 2. The predicted octanol–water partition coefficient (Wildman–Crippen LogP) is 3.29. The molecule has 0 amide bonds. The number of morpholine rings is 1. The van der Waals surface area contributed by atoms with Gasteiger partial charge in [0.2, 0.25) is 0 Å². The molecular formula is C16H25NO. The predicted molar refractivity (Wildman–Crippen MR) is 75.9 cm³/mol. The summed E-state index contributed by atoms with van der Waals surface area (Å²) in [5.41, 5.74) is 1.45. The van der Waals surface area contributed by atoms with E-state index in [4.69, 9.17) is 4.74 Å². The molecule has 3 atom stereocenters. The maximum absolute atomic E-state index is 5.77. The van der Waals surface area contributed by atoms with Crippen LogP contribution in [0.5, 0.6) is 0 Å². The van der Waals surface area contributed by atoms with Crippen molar-refractivity contribution < 1.29 is 4.74 Å². The molecule has 1 fully saturated rings. The fraction of sp³-hybridized carbons (Fsp3) is 0.625. The standard InChI is InChI=1S/C16H25NO/c1-13(16-7-5-4-6-8-16)9-10-17-11-14(2)18-15(3)12-17/h4-8,13-15H,9-12H2,1-3H3/t13-,14-,15+/m0/s1. The van der Waals surface area contributed by atoms with Gasteiger partial charge >= 0.3 is 0 Å². The highest BCUT2D eigenvalue weighted by atomic mass is 16.5. The van der Waals surface area contributed by atoms with Crippen LogP contribution in [0.25, 0.3) is 0 Å². The Labute approximate surface area is 111 Å². The Hall–Kier alpha value is -0.860. The SMILES string of the molecule is C[C@@H]1CN(CC[C@H](C)c2ccccc2)C[C@H](C)O1. The lowest BCUT2D eigenvalue weighted by Gasteiger charge is -2.35. The maximum atomic E-state index is 5.77. The summed E-state index contributed by atoms with van der Waals surface area (Å²) in [4.78, 5) is 2.54. The Balaban J connectivity index is 1.81. The molecule has 0 spiro atoms. The van der Waals surface area contributed by atoms with Crippen molar-refractivity contribution in [1.29, 1.82) is 0 Å². The van der Waals surface area contributed by atoms with Crippen molar-refractivity contribution in [2.75, 3.05) is 19.6 Å². The topological polar surface area (TPSA) is 12.5 Å². The van der Waals surface area contributed by atoms with E-state index in [1.807, 2.05) is 0 Å². The largest absolute Gasteiger partial charge is 0.373 e. The zero-order chi connectivity index (χ0) is 13.0. The van der Waals surface area contributed by atoms with Crippen LogP contribution in [0.15, 0.2) is 30.3 Å². The molecule has 18 heavy (non-hydrogen) atoms. The fourth-order valence-electron chi connectivity index (χ4n) is 2.79. The lowest BCUT2D eigenvalue weighted by Crippen LogP contribution is -2.45. The first-order valence-corrected chi connectivity index (χ1v) is 7.08. The summed E-state index contributed by atoms with van der Waals surface area (Å²) < 4.78 is 5.77. The van der Waals surface area contributed by atoms with Crippen LogP contribution in [0.4, 0.5) is 0 Å². The molecule has 0 unspecified atom stereocenters. The van der Waals surface area contributed by atoms with Crippen LogP contribution >= 0.6 is 0 Å². The van der Waals surface area contributed by atoms with E-state index in [0.29, 0.717) is 18.1 Å². The van der Waals surface area contributed by atoms with Crippen LogP contribution in [0.2, 0.25) is 0 Å². The van der Waals surface area contributed by atoms with Crippen LogP contribution in [-0.2, 0) is 4.74 Å². The van der Waals surface area contributed by atoms with E-state index in [1.54, 1.807) is 0 Å². The van der Waals surface area contributed by atoms with E-state index < -0.39 is 0 Å². The van der Waals surface area contributed by atoms with Crippen molar-refractivity contribution in [2.45, 2.75) is 45.3 Å². The molecular weight excluding hydrogens is 222 g/mol. The van der Waals surface area contributed by atoms with Gasteiger partial charge in [-0.25, -0.2) is 0 Å². The van der Waals surface area contributed by atoms with Gasteiger partial charge in [0.25, 0.3) is 0 Å². The van der Waals surface area contributed by atoms with Gasteiger partial charge in [0.15, 0.2) is 0 Å². The number of nitrogens with zero attached hydrogens (tertiary/aromatic N) is 1. The second-order valence-electron chi connectivity index (χ2n) is 5.62. The summed E-state index contributed by atoms with van der Waals surface area (Å²) >= 11 is 0. The molecule has 0 aliphatic carbocycles. The number of rotatable bonds is 4. The highest BCUT2D eigenvalue weighted by Crippen LogP contribution is 2.20. The fourth-order valence-corrected chi connectivity index (χ4v) is 2.79. The molecule has 2 rings (SSSR count). The van der Waals surface area contributed by atoms with Crippen LogP contribution in [-0.4, -0.2) is 36.7 Å². The quantitative estimate of drug-likeness (QED) is 0.809. The van der Waals surface area contributed by atoms with Crippen molar-refractivity contribution in [3.05, 3.63) is 35.9 Å². The van der Waals surface area contributed by atoms with Crippen molar-refractivity contribution in [3.8, 4) is 0 Å². The van der Waals surface area contributed by atoms with Crippen LogP contribution in [0.3, 0.4) is 0 Å². The van der Waals surface area contributed by atoms with Crippen molar-refractivity contribution in [2.24, 2.45) is 0 Å². The van der Waals surface area contributed by atoms with Crippen molar-refractivity contribution in [3.63, 3.8) is 0 Å². The first kappa shape index (κ1) is 13.6. The minimum absolute atomic E-state index is 0.376. The lowest BCUT2D eigenvalue weighted by molar-refractivity contribution is -0.0683. The molecule has 0 radical (unpaired) electrons. The molecule has 1 aromatic rings. The van der Waals surface area contributed by atoms with Gasteiger partial charge in [0.1, 0.15) is 0 Å². The molecule has 0 aromatic heterocycles. The van der Waals surface area contributed by atoms with Gasteiger partial charge in [-0.3, -0.25) is 4.90 Å². The third-order valence-corrected chi connectivity index (χ3v) is 3.74. The summed E-state index contributed by atoms with van der Waals surface area (Å²) in [6.45, 7) is 9.99. The van der Waals surface area contributed by atoms with Crippen molar-refractivity contribution in [1.82, 2.24) is 4.90 Å².